The SMILES string of the molecule is Cc1ccc(CN2CC(C(=O)NC(C)c3ccc(F)c(Cl)c3)CC2=O)cc1. The van der Waals surface area contributed by atoms with Crippen molar-refractivity contribution in [3.8, 4) is 0 Å². The smallest absolute Gasteiger partial charge is 0.225 e. The molecule has 27 heavy (non-hydrogen) atoms. The molecule has 0 aliphatic carbocycles. The molecular formula is C21H22ClFN2O2. The summed E-state index contributed by atoms with van der Waals surface area (Å²) in [6.07, 6.45) is 0.203. The Hall–Kier alpha value is -2.40. The molecule has 142 valence electrons. The van der Waals surface area contributed by atoms with Crippen molar-refractivity contribution in [1.82, 2.24) is 10.2 Å². The summed E-state index contributed by atoms with van der Waals surface area (Å²) in [5.74, 6) is -1.08. The van der Waals surface area contributed by atoms with Gasteiger partial charge in [0.2, 0.25) is 11.8 Å². The predicted octanol–water partition coefficient (Wildman–Crippen LogP) is 4.01. The second kappa shape index (κ2) is 8.09. The van der Waals surface area contributed by atoms with Crippen molar-refractivity contribution < 1.29 is 14.0 Å². The van der Waals surface area contributed by atoms with Gasteiger partial charge in [0.1, 0.15) is 5.82 Å². The summed E-state index contributed by atoms with van der Waals surface area (Å²) in [6.45, 7) is 4.73. The normalized spacial score (nSPS) is 17.9. The lowest BCUT2D eigenvalue weighted by molar-refractivity contribution is -0.129. The Morgan fingerprint density at radius 1 is 1.30 bits per heavy atom. The van der Waals surface area contributed by atoms with E-state index in [1.54, 1.807) is 11.0 Å². The van der Waals surface area contributed by atoms with Gasteiger partial charge in [0, 0.05) is 19.5 Å². The molecule has 2 amide bonds. The zero-order chi connectivity index (χ0) is 19.6. The maximum absolute atomic E-state index is 13.3. The van der Waals surface area contributed by atoms with E-state index in [2.05, 4.69) is 5.32 Å². The van der Waals surface area contributed by atoms with Crippen LogP contribution in [0.15, 0.2) is 42.5 Å². The fraction of sp³-hybridized carbons (Fsp3) is 0.333. The van der Waals surface area contributed by atoms with Gasteiger partial charge in [-0.2, -0.15) is 0 Å². The molecule has 6 heteroatoms. The average Bonchev–Trinajstić information content (AvgIpc) is 3.00. The number of likely N-dealkylation sites (tertiary alicyclic amines) is 1. The molecular weight excluding hydrogens is 367 g/mol. The molecule has 2 unspecified atom stereocenters. The highest BCUT2D eigenvalue weighted by atomic mass is 35.5. The van der Waals surface area contributed by atoms with Crippen LogP contribution in [0.25, 0.3) is 0 Å². The summed E-state index contributed by atoms with van der Waals surface area (Å²) in [6, 6.07) is 12.1. The fourth-order valence-corrected chi connectivity index (χ4v) is 3.40. The van der Waals surface area contributed by atoms with Crippen LogP contribution in [0.5, 0.6) is 0 Å². The topological polar surface area (TPSA) is 49.4 Å². The minimum atomic E-state index is -0.493. The van der Waals surface area contributed by atoms with E-state index in [9.17, 15) is 14.0 Å². The molecule has 0 spiro atoms. The molecule has 2 atom stereocenters. The van der Waals surface area contributed by atoms with Crippen molar-refractivity contribution in [2.45, 2.75) is 32.9 Å². The lowest BCUT2D eigenvalue weighted by atomic mass is 10.0. The van der Waals surface area contributed by atoms with Crippen LogP contribution in [0.2, 0.25) is 5.02 Å². The van der Waals surface area contributed by atoms with Crippen LogP contribution in [0.1, 0.15) is 36.1 Å². The third-order valence-electron chi connectivity index (χ3n) is 4.88. The van der Waals surface area contributed by atoms with E-state index in [0.29, 0.717) is 13.1 Å². The van der Waals surface area contributed by atoms with Gasteiger partial charge >= 0.3 is 0 Å². The second-order valence-corrected chi connectivity index (χ2v) is 7.47. The Labute approximate surface area is 163 Å². The van der Waals surface area contributed by atoms with E-state index in [0.717, 1.165) is 11.1 Å². The van der Waals surface area contributed by atoms with Gasteiger partial charge in [-0.05, 0) is 37.1 Å². The molecule has 2 aromatic rings. The van der Waals surface area contributed by atoms with Crippen LogP contribution in [0, 0.1) is 18.7 Å². The lowest BCUT2D eigenvalue weighted by Crippen LogP contribution is -2.34. The second-order valence-electron chi connectivity index (χ2n) is 7.06. The molecule has 2 aromatic carbocycles. The van der Waals surface area contributed by atoms with E-state index in [4.69, 9.17) is 11.6 Å². The van der Waals surface area contributed by atoms with Crippen LogP contribution < -0.4 is 5.32 Å². The highest BCUT2D eigenvalue weighted by Crippen LogP contribution is 2.24. The van der Waals surface area contributed by atoms with Gasteiger partial charge in [-0.1, -0.05) is 47.5 Å². The molecule has 1 fully saturated rings. The van der Waals surface area contributed by atoms with Crippen LogP contribution in [-0.2, 0) is 16.1 Å². The summed E-state index contributed by atoms with van der Waals surface area (Å²) in [5.41, 5.74) is 2.93. The quantitative estimate of drug-likeness (QED) is 0.841. The summed E-state index contributed by atoms with van der Waals surface area (Å²) < 4.78 is 13.3. The Morgan fingerprint density at radius 3 is 2.67 bits per heavy atom. The van der Waals surface area contributed by atoms with Crippen molar-refractivity contribution in [2.75, 3.05) is 6.54 Å². The molecule has 0 saturated carbocycles. The van der Waals surface area contributed by atoms with E-state index < -0.39 is 5.82 Å². The van der Waals surface area contributed by atoms with Crippen LogP contribution in [0.4, 0.5) is 4.39 Å². The van der Waals surface area contributed by atoms with Crippen LogP contribution in [-0.4, -0.2) is 23.3 Å². The molecule has 0 aromatic heterocycles. The number of halogens is 2. The number of amides is 2. The Balaban J connectivity index is 1.59. The first kappa shape index (κ1) is 19.4. The molecule has 1 aliphatic heterocycles. The van der Waals surface area contributed by atoms with Crippen molar-refractivity contribution >= 4 is 23.4 Å². The zero-order valence-electron chi connectivity index (χ0n) is 15.3. The van der Waals surface area contributed by atoms with E-state index >= 15 is 0 Å². The number of carbonyl (C=O) groups is 2. The third kappa shape index (κ3) is 4.66. The molecule has 4 nitrogen and oxygen atoms in total. The van der Waals surface area contributed by atoms with Crippen LogP contribution in [0.3, 0.4) is 0 Å². The molecule has 3 rings (SSSR count). The van der Waals surface area contributed by atoms with Crippen molar-refractivity contribution in [1.29, 1.82) is 0 Å². The Morgan fingerprint density at radius 2 is 2.00 bits per heavy atom. The molecule has 1 heterocycles. The first-order chi connectivity index (χ1) is 12.8. The summed E-state index contributed by atoms with van der Waals surface area (Å²) >= 11 is 5.81. The highest BCUT2D eigenvalue weighted by Gasteiger charge is 2.34. The minimum Gasteiger partial charge on any atom is -0.349 e. The number of hydrogen-bond acceptors (Lipinski definition) is 2. The maximum atomic E-state index is 13.3. The number of nitrogens with one attached hydrogen (secondary N) is 1. The fourth-order valence-electron chi connectivity index (χ4n) is 3.21. The van der Waals surface area contributed by atoms with Crippen molar-refractivity contribution in [3.05, 3.63) is 70.0 Å². The average molecular weight is 389 g/mol. The monoisotopic (exact) mass is 388 g/mol. The largest absolute Gasteiger partial charge is 0.349 e. The first-order valence-corrected chi connectivity index (χ1v) is 9.30. The number of carbonyl (C=O) groups excluding carboxylic acids is 2. The van der Waals surface area contributed by atoms with Crippen molar-refractivity contribution in [3.63, 3.8) is 0 Å². The first-order valence-electron chi connectivity index (χ1n) is 8.92. The van der Waals surface area contributed by atoms with Crippen LogP contribution >= 0.6 is 11.6 Å². The minimum absolute atomic E-state index is 0.0202. The van der Waals surface area contributed by atoms with Gasteiger partial charge in [-0.15, -0.1) is 0 Å². The van der Waals surface area contributed by atoms with Gasteiger partial charge in [0.15, 0.2) is 0 Å². The van der Waals surface area contributed by atoms with Gasteiger partial charge in [0.05, 0.1) is 17.0 Å². The van der Waals surface area contributed by atoms with E-state index in [1.165, 1.54) is 17.7 Å². The Kier molecular flexibility index (Phi) is 5.80. The predicted molar refractivity (Wildman–Crippen MR) is 103 cm³/mol. The molecule has 0 bridgehead atoms. The molecule has 1 saturated heterocycles. The van der Waals surface area contributed by atoms with Gasteiger partial charge in [-0.3, -0.25) is 9.59 Å². The van der Waals surface area contributed by atoms with E-state index in [-0.39, 0.29) is 35.2 Å². The maximum Gasteiger partial charge on any atom is 0.225 e. The van der Waals surface area contributed by atoms with Gasteiger partial charge in [0.25, 0.3) is 0 Å². The number of hydrogen-bond donors (Lipinski definition) is 1. The molecule has 0 radical (unpaired) electrons. The van der Waals surface area contributed by atoms with E-state index in [1.807, 2.05) is 38.1 Å². The molecule has 1 N–H and O–H groups in total. The number of aryl methyl sites for hydroxylation is 1. The standard InChI is InChI=1S/C21H22ClFN2O2/c1-13-3-5-15(6-4-13)11-25-12-17(10-20(25)26)21(27)24-14(2)16-7-8-19(23)18(22)9-16/h3-9,14,17H,10-12H2,1-2H3,(H,24,27). The van der Waals surface area contributed by atoms with Gasteiger partial charge in [-0.25, -0.2) is 4.39 Å². The third-order valence-corrected chi connectivity index (χ3v) is 5.17. The molecule has 1 aliphatic rings. The summed E-state index contributed by atoms with van der Waals surface area (Å²) in [7, 11) is 0. The number of nitrogens with zero attached hydrogens (tertiary/aromatic N) is 1. The number of benzene rings is 2. The summed E-state index contributed by atoms with van der Waals surface area (Å²) in [4.78, 5) is 26.6. The Bertz CT molecular complexity index is 854. The highest BCUT2D eigenvalue weighted by molar-refractivity contribution is 6.30. The van der Waals surface area contributed by atoms with Crippen molar-refractivity contribution in [2.24, 2.45) is 5.92 Å². The lowest BCUT2D eigenvalue weighted by Gasteiger charge is -2.19. The zero-order valence-corrected chi connectivity index (χ0v) is 16.1. The summed E-state index contributed by atoms with van der Waals surface area (Å²) in [5, 5.41) is 2.92. The number of rotatable bonds is 5. The van der Waals surface area contributed by atoms with Gasteiger partial charge < -0.3 is 10.2 Å².